The van der Waals surface area contributed by atoms with Crippen LogP contribution in [0.4, 0.5) is 4.39 Å². The first-order valence-corrected chi connectivity index (χ1v) is 7.55. The number of carbonyl (C=O) groups is 1. The van der Waals surface area contributed by atoms with E-state index in [1.54, 1.807) is 12.1 Å². The van der Waals surface area contributed by atoms with Crippen molar-refractivity contribution in [2.75, 3.05) is 7.11 Å². The minimum atomic E-state index is -0.507. The van der Waals surface area contributed by atoms with Crippen LogP contribution in [0.3, 0.4) is 0 Å². The molecule has 0 aliphatic heterocycles. The molecule has 0 heterocycles. The van der Waals surface area contributed by atoms with Crippen LogP contribution < -0.4 is 20.5 Å². The van der Waals surface area contributed by atoms with Crippen LogP contribution in [0, 0.1) is 5.82 Å². The molecule has 2 aromatic rings. The van der Waals surface area contributed by atoms with Crippen LogP contribution in [0.15, 0.2) is 36.4 Å². The fourth-order valence-electron chi connectivity index (χ4n) is 1.91. The Bertz CT molecular complexity index is 769. The van der Waals surface area contributed by atoms with E-state index in [0.717, 1.165) is 5.56 Å². The highest BCUT2D eigenvalue weighted by Gasteiger charge is 2.16. The van der Waals surface area contributed by atoms with Gasteiger partial charge in [0.05, 0.1) is 12.1 Å². The van der Waals surface area contributed by atoms with E-state index >= 15 is 0 Å². The van der Waals surface area contributed by atoms with Crippen LogP contribution in [0.1, 0.15) is 15.9 Å². The van der Waals surface area contributed by atoms with Crippen molar-refractivity contribution in [2.24, 2.45) is 5.73 Å². The van der Waals surface area contributed by atoms with Gasteiger partial charge in [0, 0.05) is 5.56 Å². The van der Waals surface area contributed by atoms with Crippen LogP contribution >= 0.6 is 23.8 Å². The molecule has 2 aromatic carbocycles. The van der Waals surface area contributed by atoms with E-state index in [4.69, 9.17) is 26.8 Å². The van der Waals surface area contributed by atoms with Gasteiger partial charge in [0.15, 0.2) is 16.6 Å². The average molecular weight is 369 g/mol. The molecule has 126 valence electrons. The number of thiocarbonyl (C=S) groups is 1. The van der Waals surface area contributed by atoms with Gasteiger partial charge in [-0.3, -0.25) is 10.1 Å². The molecule has 0 saturated heterocycles. The van der Waals surface area contributed by atoms with E-state index in [-0.39, 0.29) is 39.6 Å². The van der Waals surface area contributed by atoms with Crippen molar-refractivity contribution in [2.45, 2.75) is 6.61 Å². The summed E-state index contributed by atoms with van der Waals surface area (Å²) in [7, 11) is 1.42. The molecule has 0 aliphatic carbocycles. The van der Waals surface area contributed by atoms with Crippen molar-refractivity contribution < 1.29 is 18.7 Å². The van der Waals surface area contributed by atoms with Gasteiger partial charge in [-0.25, -0.2) is 4.39 Å². The topological polar surface area (TPSA) is 73.6 Å². The van der Waals surface area contributed by atoms with E-state index in [2.05, 4.69) is 17.5 Å². The predicted molar refractivity (Wildman–Crippen MR) is 93.0 cm³/mol. The zero-order valence-corrected chi connectivity index (χ0v) is 14.2. The Kier molecular flexibility index (Phi) is 5.94. The van der Waals surface area contributed by atoms with Crippen molar-refractivity contribution in [1.82, 2.24) is 5.32 Å². The summed E-state index contributed by atoms with van der Waals surface area (Å²) in [4.78, 5) is 11.9. The van der Waals surface area contributed by atoms with Gasteiger partial charge in [0.1, 0.15) is 12.4 Å². The number of halogens is 2. The second kappa shape index (κ2) is 7.94. The van der Waals surface area contributed by atoms with E-state index in [0.29, 0.717) is 0 Å². The third kappa shape index (κ3) is 4.56. The lowest BCUT2D eigenvalue weighted by Crippen LogP contribution is -2.34. The number of rotatable bonds is 5. The average Bonchev–Trinajstić information content (AvgIpc) is 2.54. The van der Waals surface area contributed by atoms with Gasteiger partial charge in [-0.15, -0.1) is 0 Å². The highest BCUT2D eigenvalue weighted by Crippen LogP contribution is 2.37. The highest BCUT2D eigenvalue weighted by molar-refractivity contribution is 7.80. The maximum atomic E-state index is 12.9. The molecule has 0 fully saturated rings. The van der Waals surface area contributed by atoms with Crippen LogP contribution in [0.2, 0.25) is 5.02 Å². The fourth-order valence-corrected chi connectivity index (χ4v) is 2.27. The molecule has 0 aliphatic rings. The molecule has 8 heteroatoms. The van der Waals surface area contributed by atoms with E-state index in [9.17, 15) is 9.18 Å². The van der Waals surface area contributed by atoms with Crippen molar-refractivity contribution in [3.8, 4) is 11.5 Å². The third-order valence-corrected chi connectivity index (χ3v) is 3.41. The van der Waals surface area contributed by atoms with Gasteiger partial charge in [-0.1, -0.05) is 23.7 Å². The van der Waals surface area contributed by atoms with Crippen LogP contribution in [0.5, 0.6) is 11.5 Å². The van der Waals surface area contributed by atoms with Crippen molar-refractivity contribution in [3.05, 3.63) is 58.4 Å². The van der Waals surface area contributed by atoms with Gasteiger partial charge in [0.2, 0.25) is 0 Å². The van der Waals surface area contributed by atoms with E-state index in [1.165, 1.54) is 31.4 Å². The number of methoxy groups -OCH3 is 1. The molecule has 5 nitrogen and oxygen atoms in total. The molecule has 0 atom stereocenters. The molecule has 2 rings (SSSR count). The smallest absolute Gasteiger partial charge is 0.257 e. The lowest BCUT2D eigenvalue weighted by atomic mass is 10.2. The Morgan fingerprint density at radius 2 is 2.00 bits per heavy atom. The Hall–Kier alpha value is -2.38. The standard InChI is InChI=1S/C16H14ClFN2O3S/c1-22-13-7-10(15(21)20-16(19)24)6-12(17)14(13)23-8-9-2-4-11(18)5-3-9/h2-7H,8H2,1H3,(H3,19,20,21,24). The normalized spacial score (nSPS) is 10.1. The summed E-state index contributed by atoms with van der Waals surface area (Å²) in [5.41, 5.74) is 6.25. The summed E-state index contributed by atoms with van der Waals surface area (Å²) in [5, 5.41) is 2.34. The summed E-state index contributed by atoms with van der Waals surface area (Å²) in [6.45, 7) is 0.161. The van der Waals surface area contributed by atoms with Gasteiger partial charge >= 0.3 is 0 Å². The molecule has 0 unspecified atom stereocenters. The zero-order chi connectivity index (χ0) is 17.7. The van der Waals surface area contributed by atoms with Gasteiger partial charge < -0.3 is 15.2 Å². The molecule has 24 heavy (non-hydrogen) atoms. The molecule has 1 amide bonds. The maximum absolute atomic E-state index is 12.9. The first kappa shape index (κ1) is 18.0. The molecule has 0 saturated carbocycles. The number of hydrogen-bond acceptors (Lipinski definition) is 4. The quantitative estimate of drug-likeness (QED) is 0.793. The maximum Gasteiger partial charge on any atom is 0.257 e. The van der Waals surface area contributed by atoms with Crippen molar-refractivity contribution in [1.29, 1.82) is 0 Å². The number of nitrogens with two attached hydrogens (primary N) is 1. The van der Waals surface area contributed by atoms with E-state index in [1.807, 2.05) is 0 Å². The first-order chi connectivity index (χ1) is 11.4. The minimum absolute atomic E-state index is 0.147. The lowest BCUT2D eigenvalue weighted by molar-refractivity contribution is 0.0977. The van der Waals surface area contributed by atoms with Crippen molar-refractivity contribution >= 4 is 34.8 Å². The zero-order valence-electron chi connectivity index (χ0n) is 12.6. The highest BCUT2D eigenvalue weighted by atomic mass is 35.5. The largest absolute Gasteiger partial charge is 0.493 e. The number of carbonyl (C=O) groups excluding carboxylic acids is 1. The van der Waals surface area contributed by atoms with Gasteiger partial charge in [0.25, 0.3) is 5.91 Å². The molecule has 0 spiro atoms. The monoisotopic (exact) mass is 368 g/mol. The summed E-state index contributed by atoms with van der Waals surface area (Å²) in [5.74, 6) is -0.289. The number of nitrogens with one attached hydrogen (secondary N) is 1. The minimum Gasteiger partial charge on any atom is -0.493 e. The van der Waals surface area contributed by atoms with E-state index < -0.39 is 5.91 Å². The fraction of sp³-hybridized carbons (Fsp3) is 0.125. The van der Waals surface area contributed by atoms with Crippen LogP contribution in [-0.2, 0) is 6.61 Å². The van der Waals surface area contributed by atoms with Gasteiger partial charge in [-0.2, -0.15) is 0 Å². The number of ether oxygens (including phenoxy) is 2. The first-order valence-electron chi connectivity index (χ1n) is 6.76. The van der Waals surface area contributed by atoms with Crippen LogP contribution in [0.25, 0.3) is 0 Å². The Morgan fingerprint density at radius 1 is 1.33 bits per heavy atom. The molecule has 3 N–H and O–H groups in total. The Morgan fingerprint density at radius 3 is 2.58 bits per heavy atom. The summed E-state index contributed by atoms with van der Waals surface area (Å²) < 4.78 is 23.8. The molecule has 0 radical (unpaired) electrons. The summed E-state index contributed by atoms with van der Waals surface area (Å²) in [6.07, 6.45) is 0. The van der Waals surface area contributed by atoms with Crippen molar-refractivity contribution in [3.63, 3.8) is 0 Å². The Labute approximate surface area is 148 Å². The van der Waals surface area contributed by atoms with Gasteiger partial charge in [-0.05, 0) is 42.0 Å². The molecule has 0 bridgehead atoms. The van der Waals surface area contributed by atoms with Crippen LogP contribution in [-0.4, -0.2) is 18.1 Å². The third-order valence-electron chi connectivity index (χ3n) is 3.02. The lowest BCUT2D eigenvalue weighted by Gasteiger charge is -2.14. The number of amides is 1. The second-order valence-corrected chi connectivity index (χ2v) is 5.57. The molecule has 0 aromatic heterocycles. The molecular weight excluding hydrogens is 355 g/mol. The summed E-state index contributed by atoms with van der Waals surface area (Å²) >= 11 is 10.8. The predicted octanol–water partition coefficient (Wildman–Crippen LogP) is 3.04. The Balaban J connectivity index is 2.21. The summed E-state index contributed by atoms with van der Waals surface area (Å²) in [6, 6.07) is 8.73. The molecular formula is C16H14ClFN2O3S. The SMILES string of the molecule is COc1cc(C(=O)NC(N)=S)cc(Cl)c1OCc1ccc(F)cc1. The number of benzene rings is 2. The number of hydrogen-bond donors (Lipinski definition) is 2. The second-order valence-electron chi connectivity index (χ2n) is 4.72.